The van der Waals surface area contributed by atoms with Crippen LogP contribution in [0.4, 0.5) is 0 Å². The Morgan fingerprint density at radius 3 is 2.70 bits per heavy atom. The summed E-state index contributed by atoms with van der Waals surface area (Å²) in [5.41, 5.74) is 4.54. The lowest BCUT2D eigenvalue weighted by Crippen LogP contribution is -2.34. The summed E-state index contributed by atoms with van der Waals surface area (Å²) in [4.78, 5) is 28.7. The molecule has 2 aromatic heterocycles. The zero-order valence-electron chi connectivity index (χ0n) is 11.4. The molecule has 0 saturated heterocycles. The maximum absolute atomic E-state index is 11.4. The van der Waals surface area contributed by atoms with Crippen molar-refractivity contribution < 1.29 is 0 Å². The molecule has 2 atom stereocenters. The zero-order chi connectivity index (χ0) is 14.9. The molecule has 0 fully saturated rings. The Morgan fingerprint density at radius 1 is 1.45 bits per heavy atom. The third kappa shape index (κ3) is 3.20. The number of thioether (sulfide) groups is 1. The first kappa shape index (κ1) is 15.0. The van der Waals surface area contributed by atoms with Crippen molar-refractivity contribution in [3.05, 3.63) is 42.6 Å². The highest BCUT2D eigenvalue weighted by atomic mass is 32.2. The molecule has 0 bridgehead atoms. The van der Waals surface area contributed by atoms with Crippen LogP contribution in [0.5, 0.6) is 0 Å². The quantitative estimate of drug-likeness (QED) is 0.649. The SMILES string of the molecule is Cc1ccc(C(Sc2nc(=O)c(=O)[nH]n2C)C(C)N)s1. The van der Waals surface area contributed by atoms with Crippen LogP contribution in [-0.4, -0.2) is 20.8 Å². The minimum Gasteiger partial charge on any atom is -0.327 e. The second-order valence-corrected chi connectivity index (χ2v) is 6.97. The second kappa shape index (κ2) is 5.94. The van der Waals surface area contributed by atoms with Gasteiger partial charge >= 0.3 is 11.1 Å². The number of nitrogens with one attached hydrogen (secondary N) is 1. The first-order chi connectivity index (χ1) is 9.38. The van der Waals surface area contributed by atoms with E-state index >= 15 is 0 Å². The Hall–Kier alpha value is -1.38. The highest BCUT2D eigenvalue weighted by Gasteiger charge is 2.21. The minimum atomic E-state index is -0.781. The molecule has 0 amide bonds. The van der Waals surface area contributed by atoms with Crippen molar-refractivity contribution in [3.8, 4) is 0 Å². The van der Waals surface area contributed by atoms with Crippen molar-refractivity contribution in [1.29, 1.82) is 0 Å². The molecule has 8 heteroatoms. The summed E-state index contributed by atoms with van der Waals surface area (Å²) >= 11 is 3.05. The van der Waals surface area contributed by atoms with Crippen LogP contribution in [0.15, 0.2) is 26.9 Å². The summed E-state index contributed by atoms with van der Waals surface area (Å²) in [5.74, 6) is 0. The van der Waals surface area contributed by atoms with Crippen LogP contribution in [0, 0.1) is 6.92 Å². The molecule has 3 N–H and O–H groups in total. The van der Waals surface area contributed by atoms with E-state index in [0.29, 0.717) is 5.16 Å². The predicted molar refractivity (Wildman–Crippen MR) is 81.4 cm³/mol. The molecule has 0 aliphatic rings. The van der Waals surface area contributed by atoms with Crippen LogP contribution in [0.2, 0.25) is 0 Å². The largest absolute Gasteiger partial charge is 0.339 e. The van der Waals surface area contributed by atoms with E-state index in [-0.39, 0.29) is 11.3 Å². The molecule has 0 aliphatic heterocycles. The van der Waals surface area contributed by atoms with E-state index in [4.69, 9.17) is 5.73 Å². The average Bonchev–Trinajstić information content (AvgIpc) is 2.78. The topological polar surface area (TPSA) is 93.8 Å². The van der Waals surface area contributed by atoms with Gasteiger partial charge < -0.3 is 5.73 Å². The van der Waals surface area contributed by atoms with Crippen LogP contribution in [0.25, 0.3) is 0 Å². The number of nitrogens with zero attached hydrogens (tertiary/aromatic N) is 2. The van der Waals surface area contributed by atoms with E-state index in [2.05, 4.69) is 10.1 Å². The summed E-state index contributed by atoms with van der Waals surface area (Å²) < 4.78 is 1.45. The first-order valence-electron chi connectivity index (χ1n) is 6.04. The van der Waals surface area contributed by atoms with Crippen LogP contribution in [0.3, 0.4) is 0 Å². The summed E-state index contributed by atoms with van der Waals surface area (Å²) in [7, 11) is 1.65. The van der Waals surface area contributed by atoms with Crippen LogP contribution in [-0.2, 0) is 7.05 Å². The Bertz CT molecular complexity index is 717. The summed E-state index contributed by atoms with van der Waals surface area (Å²) in [6.45, 7) is 3.95. The van der Waals surface area contributed by atoms with Crippen LogP contribution >= 0.6 is 23.1 Å². The zero-order valence-corrected chi connectivity index (χ0v) is 13.0. The lowest BCUT2D eigenvalue weighted by atomic mass is 10.2. The molecular formula is C12H16N4O2S2. The van der Waals surface area contributed by atoms with Crippen LogP contribution < -0.4 is 16.9 Å². The third-order valence-electron chi connectivity index (χ3n) is 2.70. The van der Waals surface area contributed by atoms with Crippen molar-refractivity contribution >= 4 is 23.1 Å². The van der Waals surface area contributed by atoms with Gasteiger partial charge in [0.05, 0.1) is 5.25 Å². The van der Waals surface area contributed by atoms with Crippen molar-refractivity contribution in [3.63, 3.8) is 0 Å². The summed E-state index contributed by atoms with van der Waals surface area (Å²) in [6, 6.07) is 3.96. The Labute approximate surface area is 124 Å². The smallest absolute Gasteiger partial charge is 0.327 e. The third-order valence-corrected chi connectivity index (χ3v) is 5.45. The fourth-order valence-corrected chi connectivity index (χ4v) is 3.95. The normalized spacial score (nSPS) is 14.2. The van der Waals surface area contributed by atoms with Gasteiger partial charge in [0, 0.05) is 22.8 Å². The number of aromatic amines is 1. The average molecular weight is 312 g/mol. The van der Waals surface area contributed by atoms with Crippen molar-refractivity contribution in [1.82, 2.24) is 14.8 Å². The highest BCUT2D eigenvalue weighted by molar-refractivity contribution is 7.99. The number of rotatable bonds is 4. The Morgan fingerprint density at radius 2 is 2.15 bits per heavy atom. The van der Waals surface area contributed by atoms with Gasteiger partial charge in [-0.05, 0) is 26.0 Å². The fourth-order valence-electron chi connectivity index (χ4n) is 1.71. The number of aryl methyl sites for hydroxylation is 2. The van der Waals surface area contributed by atoms with E-state index in [9.17, 15) is 9.59 Å². The molecule has 0 aromatic carbocycles. The van der Waals surface area contributed by atoms with Gasteiger partial charge in [0.15, 0.2) is 5.16 Å². The van der Waals surface area contributed by atoms with Gasteiger partial charge in [0.1, 0.15) is 0 Å². The van der Waals surface area contributed by atoms with Crippen molar-refractivity contribution in [2.45, 2.75) is 30.3 Å². The molecule has 2 unspecified atom stereocenters. The molecule has 108 valence electrons. The molecule has 2 rings (SSSR count). The van der Waals surface area contributed by atoms with Gasteiger partial charge in [-0.15, -0.1) is 11.3 Å². The first-order valence-corrected chi connectivity index (χ1v) is 7.74. The minimum absolute atomic E-state index is 0.0160. The van der Waals surface area contributed by atoms with E-state index in [1.165, 1.54) is 21.3 Å². The monoisotopic (exact) mass is 312 g/mol. The van der Waals surface area contributed by atoms with Crippen molar-refractivity contribution in [2.75, 3.05) is 0 Å². The van der Waals surface area contributed by atoms with E-state index in [1.54, 1.807) is 18.4 Å². The van der Waals surface area contributed by atoms with Gasteiger partial charge in [-0.1, -0.05) is 11.8 Å². The lowest BCUT2D eigenvalue weighted by Gasteiger charge is -2.19. The molecule has 2 aromatic rings. The van der Waals surface area contributed by atoms with Gasteiger partial charge in [-0.25, -0.2) is 0 Å². The van der Waals surface area contributed by atoms with Crippen molar-refractivity contribution in [2.24, 2.45) is 12.8 Å². The van der Waals surface area contributed by atoms with Gasteiger partial charge in [-0.2, -0.15) is 4.98 Å². The fraction of sp³-hybridized carbons (Fsp3) is 0.417. The maximum atomic E-state index is 11.4. The number of aromatic nitrogens is 3. The van der Waals surface area contributed by atoms with Crippen LogP contribution in [0.1, 0.15) is 21.9 Å². The maximum Gasteiger partial charge on any atom is 0.339 e. The van der Waals surface area contributed by atoms with E-state index in [0.717, 1.165) is 4.88 Å². The Balaban J connectivity index is 2.36. The molecule has 6 nitrogen and oxygen atoms in total. The number of thiophene rings is 1. The molecule has 0 spiro atoms. The molecule has 0 saturated carbocycles. The predicted octanol–water partition coefficient (Wildman–Crippen LogP) is 1.02. The van der Waals surface area contributed by atoms with Gasteiger partial charge in [0.2, 0.25) is 0 Å². The van der Waals surface area contributed by atoms with E-state index in [1.807, 2.05) is 26.0 Å². The number of H-pyrrole nitrogens is 1. The molecule has 2 heterocycles. The molecule has 20 heavy (non-hydrogen) atoms. The number of hydrogen-bond acceptors (Lipinski definition) is 6. The van der Waals surface area contributed by atoms with Gasteiger partial charge in [0.25, 0.3) is 0 Å². The van der Waals surface area contributed by atoms with E-state index < -0.39 is 11.1 Å². The van der Waals surface area contributed by atoms with Gasteiger partial charge in [-0.3, -0.25) is 19.4 Å². The number of nitrogens with two attached hydrogens (primary N) is 1. The molecule has 0 radical (unpaired) electrons. The highest BCUT2D eigenvalue weighted by Crippen LogP contribution is 2.38. The number of hydrogen-bond donors (Lipinski definition) is 2. The Kier molecular flexibility index (Phi) is 4.46. The second-order valence-electron chi connectivity index (χ2n) is 4.55. The summed E-state index contributed by atoms with van der Waals surface area (Å²) in [6.07, 6.45) is 0. The summed E-state index contributed by atoms with van der Waals surface area (Å²) in [5, 5.41) is 2.87. The molecule has 0 aliphatic carbocycles. The standard InChI is InChI=1S/C12H16N4O2S2/c1-6-4-5-8(19-6)9(7(2)13)20-12-14-10(17)11(18)15-16(12)3/h4-5,7,9H,13H2,1-3H3,(H,15,18). The molecular weight excluding hydrogens is 296 g/mol. The lowest BCUT2D eigenvalue weighted by molar-refractivity contribution is 0.592.